The number of hydrogen-bond acceptors (Lipinski definition) is 5. The highest BCUT2D eigenvalue weighted by molar-refractivity contribution is 6.27. The summed E-state index contributed by atoms with van der Waals surface area (Å²) in [6.45, 7) is 5.34. The zero-order valence-electron chi connectivity index (χ0n) is 20.1. The van der Waals surface area contributed by atoms with Crippen molar-refractivity contribution in [2.45, 2.75) is 44.9 Å². The molecule has 35 heavy (non-hydrogen) atoms. The molecule has 1 atom stereocenters. The number of benzene rings is 2. The second kappa shape index (κ2) is 10.8. The first-order valence-electron chi connectivity index (χ1n) is 11.9. The normalized spacial score (nSPS) is 17.9. The van der Waals surface area contributed by atoms with Gasteiger partial charge in [0.1, 0.15) is 11.9 Å². The molecule has 5 rings (SSSR count). The van der Waals surface area contributed by atoms with Gasteiger partial charge in [0, 0.05) is 30.9 Å². The van der Waals surface area contributed by atoms with Crippen LogP contribution in [0.5, 0.6) is 0 Å². The molecule has 0 spiro atoms. The van der Waals surface area contributed by atoms with Gasteiger partial charge >= 0.3 is 11.9 Å². The molecule has 3 heterocycles. The molecule has 2 aliphatic heterocycles. The lowest BCUT2D eigenvalue weighted by Gasteiger charge is -2.32. The Kier molecular flexibility index (Phi) is 7.63. The summed E-state index contributed by atoms with van der Waals surface area (Å²) in [4.78, 5) is 25.8. The van der Waals surface area contributed by atoms with Gasteiger partial charge in [-0.05, 0) is 44.4 Å². The maximum absolute atomic E-state index is 9.10. The van der Waals surface area contributed by atoms with E-state index >= 15 is 0 Å². The Morgan fingerprint density at radius 3 is 2.23 bits per heavy atom. The average Bonchev–Trinajstić information content (AvgIpc) is 3.10. The molecule has 0 radical (unpaired) electrons. The monoisotopic (exact) mass is 477 g/mol. The summed E-state index contributed by atoms with van der Waals surface area (Å²) >= 11 is 0. The second-order valence-corrected chi connectivity index (χ2v) is 9.00. The van der Waals surface area contributed by atoms with E-state index in [1.54, 1.807) is 0 Å². The Balaban J connectivity index is 0.000000431. The van der Waals surface area contributed by atoms with Gasteiger partial charge < -0.3 is 24.4 Å². The van der Waals surface area contributed by atoms with E-state index in [1.807, 2.05) is 0 Å². The van der Waals surface area contributed by atoms with Crippen LogP contribution in [-0.4, -0.2) is 62.8 Å². The molecular formula is C27H31N3O5. The minimum absolute atomic E-state index is 0.0988. The zero-order chi connectivity index (χ0) is 24.9. The first kappa shape index (κ1) is 24.6. The molecule has 0 saturated carbocycles. The number of aliphatic carboxylic acids is 2. The third-order valence-electron chi connectivity index (χ3n) is 6.65. The average molecular weight is 478 g/mol. The fourth-order valence-electron chi connectivity index (χ4n) is 4.74. The van der Waals surface area contributed by atoms with E-state index < -0.39 is 11.9 Å². The van der Waals surface area contributed by atoms with Crippen molar-refractivity contribution in [1.82, 2.24) is 14.5 Å². The molecule has 8 heteroatoms. The van der Waals surface area contributed by atoms with Gasteiger partial charge in [-0.3, -0.25) is 0 Å². The van der Waals surface area contributed by atoms with Gasteiger partial charge in [-0.15, -0.1) is 0 Å². The second-order valence-electron chi connectivity index (χ2n) is 9.00. The highest BCUT2D eigenvalue weighted by Crippen LogP contribution is 2.37. The Morgan fingerprint density at radius 1 is 0.943 bits per heavy atom. The fourth-order valence-corrected chi connectivity index (χ4v) is 4.74. The number of aryl methyl sites for hydroxylation is 1. The summed E-state index contributed by atoms with van der Waals surface area (Å²) in [6.07, 6.45) is 3.37. The lowest BCUT2D eigenvalue weighted by atomic mass is 10.00. The number of carbonyl (C=O) groups is 2. The number of imidazole rings is 1. The largest absolute Gasteiger partial charge is 0.473 e. The van der Waals surface area contributed by atoms with Crippen molar-refractivity contribution >= 4 is 11.9 Å². The number of fused-ring (bicyclic) bond motifs is 2. The van der Waals surface area contributed by atoms with Crippen molar-refractivity contribution in [3.05, 3.63) is 77.2 Å². The fraction of sp³-hybridized carbons (Fsp3) is 0.370. The van der Waals surface area contributed by atoms with E-state index in [2.05, 4.69) is 78.0 Å². The zero-order valence-corrected chi connectivity index (χ0v) is 20.1. The van der Waals surface area contributed by atoms with Crippen LogP contribution in [0.2, 0.25) is 0 Å². The lowest BCUT2D eigenvalue weighted by Crippen LogP contribution is -2.35. The lowest BCUT2D eigenvalue weighted by molar-refractivity contribution is -0.159. The van der Waals surface area contributed by atoms with E-state index in [0.29, 0.717) is 0 Å². The first-order chi connectivity index (χ1) is 16.8. The van der Waals surface area contributed by atoms with E-state index in [9.17, 15) is 0 Å². The smallest absolute Gasteiger partial charge is 0.414 e. The van der Waals surface area contributed by atoms with Gasteiger partial charge in [-0.2, -0.15) is 0 Å². The highest BCUT2D eigenvalue weighted by Gasteiger charge is 2.31. The molecule has 0 amide bonds. The van der Waals surface area contributed by atoms with Gasteiger partial charge in [0.15, 0.2) is 0 Å². The van der Waals surface area contributed by atoms with Crippen molar-refractivity contribution in [2.24, 2.45) is 0 Å². The Hall–Kier alpha value is -3.49. The van der Waals surface area contributed by atoms with Crippen LogP contribution in [0.4, 0.5) is 0 Å². The third kappa shape index (κ3) is 5.61. The minimum atomic E-state index is -1.82. The number of carboxylic acids is 2. The van der Waals surface area contributed by atoms with Gasteiger partial charge in [-0.1, -0.05) is 54.6 Å². The number of ether oxygens (including phenoxy) is 1. The van der Waals surface area contributed by atoms with Crippen molar-refractivity contribution in [3.63, 3.8) is 0 Å². The summed E-state index contributed by atoms with van der Waals surface area (Å²) in [5, 5.41) is 14.8. The molecular weight excluding hydrogens is 446 g/mol. The summed E-state index contributed by atoms with van der Waals surface area (Å²) in [6, 6.07) is 19.3. The number of aromatic nitrogens is 2. The number of likely N-dealkylation sites (tertiary alicyclic amines) is 1. The van der Waals surface area contributed by atoms with Crippen LogP contribution < -0.4 is 0 Å². The predicted octanol–water partition coefficient (Wildman–Crippen LogP) is 3.77. The van der Waals surface area contributed by atoms with E-state index in [4.69, 9.17) is 29.5 Å². The summed E-state index contributed by atoms with van der Waals surface area (Å²) in [5.74, 6) is -2.59. The Labute approximate surface area is 204 Å². The quantitative estimate of drug-likeness (QED) is 0.553. The number of nitrogens with zero attached hydrogens (tertiary/aromatic N) is 3. The Morgan fingerprint density at radius 2 is 1.57 bits per heavy atom. The van der Waals surface area contributed by atoms with Crippen LogP contribution in [0.3, 0.4) is 0 Å². The van der Waals surface area contributed by atoms with Crippen LogP contribution in [0.15, 0.2) is 54.6 Å². The Bertz CT molecular complexity index is 1170. The van der Waals surface area contributed by atoms with E-state index in [-0.39, 0.29) is 12.2 Å². The SMILES string of the molecule is Cc1c(-c2ccccc2)nc2n1CCc1ccccc1C2OC1CCN(C)CC1.O=C(O)C(=O)O. The molecule has 8 nitrogen and oxygen atoms in total. The van der Waals surface area contributed by atoms with Gasteiger partial charge in [-0.25, -0.2) is 14.6 Å². The predicted molar refractivity (Wildman–Crippen MR) is 131 cm³/mol. The highest BCUT2D eigenvalue weighted by atomic mass is 16.5. The maximum Gasteiger partial charge on any atom is 0.414 e. The molecule has 1 aromatic heterocycles. The van der Waals surface area contributed by atoms with Gasteiger partial charge in [0.2, 0.25) is 0 Å². The van der Waals surface area contributed by atoms with Crippen LogP contribution in [0.1, 0.15) is 41.6 Å². The van der Waals surface area contributed by atoms with Crippen LogP contribution in [0, 0.1) is 6.92 Å². The van der Waals surface area contributed by atoms with Crippen molar-refractivity contribution in [3.8, 4) is 11.3 Å². The minimum Gasteiger partial charge on any atom is -0.473 e. The molecule has 1 unspecified atom stereocenters. The molecule has 0 aliphatic carbocycles. The molecule has 184 valence electrons. The first-order valence-corrected chi connectivity index (χ1v) is 11.9. The summed E-state index contributed by atoms with van der Waals surface area (Å²) in [5.41, 5.74) is 6.16. The molecule has 2 N–H and O–H groups in total. The van der Waals surface area contributed by atoms with E-state index in [1.165, 1.54) is 22.4 Å². The number of rotatable bonds is 3. The number of piperidine rings is 1. The van der Waals surface area contributed by atoms with Gasteiger partial charge in [0.25, 0.3) is 0 Å². The van der Waals surface area contributed by atoms with E-state index in [0.717, 1.165) is 50.4 Å². The molecule has 1 saturated heterocycles. The topological polar surface area (TPSA) is 105 Å². The standard InChI is InChI=1S/C25H29N3O.C2H2O4/c1-18-23(20-9-4-3-5-10-20)26-25-24(29-21-13-15-27(2)16-14-21)22-11-7-6-8-19(22)12-17-28(18)25;3-1(4)2(5)6/h3-11,21,24H,12-17H2,1-2H3;(H,3,4)(H,5,6). The number of hydrogen-bond donors (Lipinski definition) is 2. The van der Waals surface area contributed by atoms with Crippen molar-refractivity contribution in [2.75, 3.05) is 20.1 Å². The molecule has 3 aromatic rings. The van der Waals surface area contributed by atoms with Crippen LogP contribution in [-0.2, 0) is 27.3 Å². The number of carboxylic acid groups (broad SMARTS) is 2. The molecule has 2 aromatic carbocycles. The van der Waals surface area contributed by atoms with Gasteiger partial charge in [0.05, 0.1) is 11.8 Å². The van der Waals surface area contributed by atoms with Crippen molar-refractivity contribution < 1.29 is 24.5 Å². The van der Waals surface area contributed by atoms with Crippen LogP contribution in [0.25, 0.3) is 11.3 Å². The van der Waals surface area contributed by atoms with Crippen molar-refractivity contribution in [1.29, 1.82) is 0 Å². The third-order valence-corrected chi connectivity index (χ3v) is 6.65. The molecule has 0 bridgehead atoms. The van der Waals surface area contributed by atoms with Crippen LogP contribution >= 0.6 is 0 Å². The summed E-state index contributed by atoms with van der Waals surface area (Å²) < 4.78 is 9.20. The molecule has 2 aliphatic rings. The summed E-state index contributed by atoms with van der Waals surface area (Å²) in [7, 11) is 2.19. The molecule has 1 fully saturated rings. The maximum atomic E-state index is 9.10.